The first kappa shape index (κ1) is 18.0. The van der Waals surface area contributed by atoms with Crippen LogP contribution >= 0.6 is 0 Å². The van der Waals surface area contributed by atoms with Gasteiger partial charge in [0.25, 0.3) is 0 Å². The Morgan fingerprint density at radius 1 is 0.962 bits per heavy atom. The van der Waals surface area contributed by atoms with Gasteiger partial charge in [0, 0.05) is 0 Å². The van der Waals surface area contributed by atoms with Crippen LogP contribution < -0.4 is 0 Å². The van der Waals surface area contributed by atoms with Crippen LogP contribution in [0.5, 0.6) is 0 Å². The Kier molecular flexibility index (Phi) is 4.49. The van der Waals surface area contributed by atoms with E-state index in [9.17, 15) is 4.39 Å². The molecule has 0 saturated heterocycles. The number of hydrogen-bond donors (Lipinski definition) is 0. The molecule has 5 saturated carbocycles. The van der Waals surface area contributed by atoms with Gasteiger partial charge in [-0.15, -0.1) is 0 Å². The summed E-state index contributed by atoms with van der Waals surface area (Å²) in [5.41, 5.74) is 0.561. The molecule has 0 N–H and O–H groups in total. The van der Waals surface area contributed by atoms with E-state index >= 15 is 0 Å². The summed E-state index contributed by atoms with van der Waals surface area (Å²) < 4.78 is 12.9. The standard InChI is InChI=1S/C25H41F/c1-4-16-7-9-18-17(14-16)8-10-20-19(18)11-12-25(3)21(6-5-13-26)22-15(2)23(22)24(20)25/h15-24H,4-14H2,1-3H3/t15-,16+,17-,18+,19?,20?,21?,22?,23?,24?,25-/m1/s1. The van der Waals surface area contributed by atoms with Crippen LogP contribution in [0.15, 0.2) is 0 Å². The summed E-state index contributed by atoms with van der Waals surface area (Å²) in [6, 6.07) is 0. The van der Waals surface area contributed by atoms with E-state index in [0.29, 0.717) is 5.41 Å². The molecule has 5 aliphatic rings. The van der Waals surface area contributed by atoms with Gasteiger partial charge in [-0.1, -0.05) is 33.6 Å². The number of alkyl halides is 1. The molecule has 0 nitrogen and oxygen atoms in total. The largest absolute Gasteiger partial charge is 0.251 e. The lowest BCUT2D eigenvalue weighted by Gasteiger charge is -2.57. The van der Waals surface area contributed by atoms with Gasteiger partial charge in [0.05, 0.1) is 6.67 Å². The van der Waals surface area contributed by atoms with Crippen LogP contribution in [0.2, 0.25) is 0 Å². The average molecular weight is 361 g/mol. The summed E-state index contributed by atoms with van der Waals surface area (Å²) in [5, 5.41) is 0. The van der Waals surface area contributed by atoms with E-state index in [1.54, 1.807) is 12.8 Å². The smallest absolute Gasteiger partial charge is 0.0894 e. The lowest BCUT2D eigenvalue weighted by Crippen LogP contribution is -2.50. The van der Waals surface area contributed by atoms with Crippen molar-refractivity contribution in [3.63, 3.8) is 0 Å². The summed E-state index contributed by atoms with van der Waals surface area (Å²) in [7, 11) is 0. The highest BCUT2D eigenvalue weighted by Gasteiger charge is 2.71. The van der Waals surface area contributed by atoms with Gasteiger partial charge < -0.3 is 0 Å². The minimum Gasteiger partial charge on any atom is -0.251 e. The minimum absolute atomic E-state index is 0.0998. The summed E-state index contributed by atoms with van der Waals surface area (Å²) >= 11 is 0. The maximum atomic E-state index is 12.9. The second-order valence-electron chi connectivity index (χ2n) is 11.4. The molecule has 0 aromatic carbocycles. The molecule has 0 radical (unpaired) electrons. The fourth-order valence-electron chi connectivity index (χ4n) is 9.74. The molecule has 0 spiro atoms. The van der Waals surface area contributed by atoms with Crippen molar-refractivity contribution in [1.82, 2.24) is 0 Å². The van der Waals surface area contributed by atoms with Gasteiger partial charge in [0.2, 0.25) is 0 Å². The highest BCUT2D eigenvalue weighted by atomic mass is 19.1. The van der Waals surface area contributed by atoms with Crippen LogP contribution in [0.4, 0.5) is 4.39 Å². The van der Waals surface area contributed by atoms with Gasteiger partial charge in [-0.05, 0) is 116 Å². The van der Waals surface area contributed by atoms with Crippen molar-refractivity contribution in [3.05, 3.63) is 0 Å². The maximum absolute atomic E-state index is 12.9. The Labute approximate surface area is 161 Å². The first-order valence-corrected chi connectivity index (χ1v) is 12.2. The predicted octanol–water partition coefficient (Wildman–Crippen LogP) is 7.13. The first-order valence-electron chi connectivity index (χ1n) is 12.2. The third-order valence-corrected chi connectivity index (χ3v) is 10.8. The van der Waals surface area contributed by atoms with Gasteiger partial charge in [-0.25, -0.2) is 0 Å². The molecule has 0 aromatic heterocycles. The fraction of sp³-hybridized carbons (Fsp3) is 1.00. The third-order valence-electron chi connectivity index (χ3n) is 10.8. The topological polar surface area (TPSA) is 0 Å². The van der Waals surface area contributed by atoms with Gasteiger partial charge >= 0.3 is 0 Å². The van der Waals surface area contributed by atoms with Crippen molar-refractivity contribution in [2.75, 3.05) is 6.67 Å². The molecule has 1 heteroatoms. The van der Waals surface area contributed by atoms with Crippen molar-refractivity contribution < 1.29 is 4.39 Å². The molecular formula is C25H41F. The molecule has 5 aliphatic carbocycles. The highest BCUT2D eigenvalue weighted by Crippen LogP contribution is 2.77. The molecule has 0 aromatic rings. The summed E-state index contributed by atoms with van der Waals surface area (Å²) in [4.78, 5) is 0. The predicted molar refractivity (Wildman–Crippen MR) is 107 cm³/mol. The van der Waals surface area contributed by atoms with Crippen molar-refractivity contribution in [2.45, 2.75) is 85.0 Å². The summed E-state index contributed by atoms with van der Waals surface area (Å²) in [6.07, 6.45) is 14.1. The molecule has 6 unspecified atom stereocenters. The molecule has 0 heterocycles. The lowest BCUT2D eigenvalue weighted by molar-refractivity contribution is -0.0853. The van der Waals surface area contributed by atoms with Gasteiger partial charge in [0.1, 0.15) is 0 Å². The Bertz CT molecular complexity index is 528. The van der Waals surface area contributed by atoms with Crippen molar-refractivity contribution in [2.24, 2.45) is 64.6 Å². The zero-order valence-electron chi connectivity index (χ0n) is 17.4. The summed E-state index contributed by atoms with van der Waals surface area (Å²) in [5.74, 6) is 10.0. The molecule has 0 amide bonds. The number of fused-ring (bicyclic) bond motifs is 7. The third kappa shape index (κ3) is 2.43. The normalized spacial score (nSPS) is 57.7. The molecule has 5 rings (SSSR count). The second-order valence-corrected chi connectivity index (χ2v) is 11.4. The SMILES string of the molecule is CC[C@H]1CC[C@@H]2C3CC[C@]4(C)C(CCCF)C5C(C4C3CC[C@@H]2C1)[C@@H]5C. The Morgan fingerprint density at radius 3 is 2.54 bits per heavy atom. The molecule has 11 atom stereocenters. The quantitative estimate of drug-likeness (QED) is 0.500. The van der Waals surface area contributed by atoms with Crippen LogP contribution in [-0.4, -0.2) is 6.67 Å². The van der Waals surface area contributed by atoms with Crippen LogP contribution in [-0.2, 0) is 0 Å². The van der Waals surface area contributed by atoms with Gasteiger partial charge in [0.15, 0.2) is 0 Å². The minimum atomic E-state index is -0.0998. The number of rotatable bonds is 4. The van der Waals surface area contributed by atoms with Crippen LogP contribution in [0.25, 0.3) is 0 Å². The van der Waals surface area contributed by atoms with E-state index in [1.807, 2.05) is 0 Å². The van der Waals surface area contributed by atoms with Crippen LogP contribution in [0.1, 0.15) is 85.0 Å². The van der Waals surface area contributed by atoms with Crippen molar-refractivity contribution >= 4 is 0 Å². The Hall–Kier alpha value is -0.0700. The zero-order valence-corrected chi connectivity index (χ0v) is 17.4. The highest BCUT2D eigenvalue weighted by molar-refractivity contribution is 5.19. The van der Waals surface area contributed by atoms with Crippen LogP contribution in [0, 0.1) is 64.6 Å². The fourth-order valence-corrected chi connectivity index (χ4v) is 9.74. The second kappa shape index (κ2) is 6.48. The molecule has 148 valence electrons. The van der Waals surface area contributed by atoms with Gasteiger partial charge in [-0.2, -0.15) is 0 Å². The van der Waals surface area contributed by atoms with E-state index in [4.69, 9.17) is 0 Å². The monoisotopic (exact) mass is 360 g/mol. The molecule has 5 fully saturated rings. The molecule has 0 bridgehead atoms. The Balaban J connectivity index is 1.37. The van der Waals surface area contributed by atoms with E-state index in [2.05, 4.69) is 20.8 Å². The Morgan fingerprint density at radius 2 is 1.77 bits per heavy atom. The average Bonchev–Trinajstić information content (AvgIpc) is 3.20. The number of hydrogen-bond acceptors (Lipinski definition) is 0. The lowest BCUT2D eigenvalue weighted by atomic mass is 9.47. The number of halogens is 1. The maximum Gasteiger partial charge on any atom is 0.0894 e. The van der Waals surface area contributed by atoms with Crippen LogP contribution in [0.3, 0.4) is 0 Å². The molecular weight excluding hydrogens is 319 g/mol. The zero-order chi connectivity index (χ0) is 18.1. The molecule has 26 heavy (non-hydrogen) atoms. The molecule has 0 aliphatic heterocycles. The van der Waals surface area contributed by atoms with E-state index in [0.717, 1.165) is 65.6 Å². The van der Waals surface area contributed by atoms with E-state index in [1.165, 1.54) is 44.9 Å². The van der Waals surface area contributed by atoms with E-state index in [-0.39, 0.29) is 6.67 Å². The van der Waals surface area contributed by atoms with Crippen molar-refractivity contribution in [3.8, 4) is 0 Å². The first-order chi connectivity index (χ1) is 12.6. The van der Waals surface area contributed by atoms with Gasteiger partial charge in [-0.3, -0.25) is 4.39 Å². The summed E-state index contributed by atoms with van der Waals surface area (Å²) in [6.45, 7) is 7.49. The van der Waals surface area contributed by atoms with Crippen molar-refractivity contribution in [1.29, 1.82) is 0 Å². The van der Waals surface area contributed by atoms with E-state index < -0.39 is 0 Å².